The Bertz CT molecular complexity index is 451. The summed E-state index contributed by atoms with van der Waals surface area (Å²) in [6.45, 7) is 5.11. The summed E-state index contributed by atoms with van der Waals surface area (Å²) in [4.78, 5) is 36.7. The van der Waals surface area contributed by atoms with Gasteiger partial charge in [-0.15, -0.1) is 0 Å². The van der Waals surface area contributed by atoms with E-state index in [4.69, 9.17) is 4.74 Å². The average Bonchev–Trinajstić information content (AvgIpc) is 2.42. The first-order chi connectivity index (χ1) is 10.5. The molecule has 0 spiro atoms. The maximum atomic E-state index is 11.9. The molecule has 1 rings (SSSR count). The molecule has 0 bridgehead atoms. The van der Waals surface area contributed by atoms with Crippen molar-refractivity contribution in [1.82, 2.24) is 15.3 Å². The van der Waals surface area contributed by atoms with Crippen LogP contribution in [0, 0.1) is 5.92 Å². The van der Waals surface area contributed by atoms with Crippen LogP contribution in [0.4, 0.5) is 9.59 Å². The van der Waals surface area contributed by atoms with Crippen molar-refractivity contribution in [3.05, 3.63) is 0 Å². The Morgan fingerprint density at radius 3 is 2.00 bits per heavy atom. The highest BCUT2D eigenvalue weighted by Gasteiger charge is 2.33. The van der Waals surface area contributed by atoms with Crippen LogP contribution in [0.25, 0.3) is 0 Å². The van der Waals surface area contributed by atoms with Crippen LogP contribution in [-0.4, -0.2) is 58.8 Å². The molecule has 0 aromatic carbocycles. The van der Waals surface area contributed by atoms with Crippen molar-refractivity contribution in [3.63, 3.8) is 0 Å². The van der Waals surface area contributed by atoms with E-state index in [-0.39, 0.29) is 17.9 Å². The summed E-state index contributed by atoms with van der Waals surface area (Å²) in [5.74, 6) is -0.0242. The van der Waals surface area contributed by atoms with Gasteiger partial charge in [0, 0.05) is 20.0 Å². The number of ether oxygens (including phenoxy) is 1. The lowest BCUT2D eigenvalue weighted by atomic mass is 9.85. The Kier molecular flexibility index (Phi) is 6.23. The second-order valence-electron chi connectivity index (χ2n) is 7.00. The van der Waals surface area contributed by atoms with Crippen molar-refractivity contribution in [2.24, 2.45) is 5.92 Å². The molecule has 8 heteroatoms. The van der Waals surface area contributed by atoms with Crippen molar-refractivity contribution in [3.8, 4) is 0 Å². The lowest BCUT2D eigenvalue weighted by Gasteiger charge is -2.35. The van der Waals surface area contributed by atoms with E-state index in [0.29, 0.717) is 25.7 Å². The van der Waals surface area contributed by atoms with Crippen LogP contribution < -0.4 is 5.43 Å². The van der Waals surface area contributed by atoms with E-state index in [2.05, 4.69) is 5.43 Å². The van der Waals surface area contributed by atoms with E-state index in [0.717, 1.165) is 5.01 Å². The Labute approximate surface area is 136 Å². The van der Waals surface area contributed by atoms with Crippen LogP contribution in [0.5, 0.6) is 0 Å². The maximum absolute atomic E-state index is 11.9. The van der Waals surface area contributed by atoms with E-state index >= 15 is 0 Å². The van der Waals surface area contributed by atoms with E-state index in [1.807, 2.05) is 0 Å². The monoisotopic (exact) mass is 329 g/mol. The molecule has 0 aliphatic heterocycles. The second-order valence-corrected chi connectivity index (χ2v) is 7.00. The fourth-order valence-electron chi connectivity index (χ4n) is 2.64. The fraction of sp³-hybridized carbons (Fsp3) is 0.800. The third-order valence-electron chi connectivity index (χ3n) is 3.67. The van der Waals surface area contributed by atoms with Crippen LogP contribution in [0.3, 0.4) is 0 Å². The number of carbonyl (C=O) groups is 3. The number of hydrogen-bond donors (Lipinski definition) is 2. The van der Waals surface area contributed by atoms with Gasteiger partial charge >= 0.3 is 12.2 Å². The summed E-state index contributed by atoms with van der Waals surface area (Å²) >= 11 is 0. The van der Waals surface area contributed by atoms with Gasteiger partial charge in [-0.2, -0.15) is 0 Å². The van der Waals surface area contributed by atoms with Crippen LogP contribution in [0.15, 0.2) is 0 Å². The number of carbonyl (C=O) groups excluding carboxylic acids is 2. The molecule has 0 heterocycles. The first kappa shape index (κ1) is 19.1. The Morgan fingerprint density at radius 1 is 1.09 bits per heavy atom. The molecule has 3 amide bonds. The Balaban J connectivity index is 2.62. The number of nitrogens with zero attached hydrogens (tertiary/aromatic N) is 2. The molecule has 0 radical (unpaired) electrons. The number of carboxylic acid groups (broad SMARTS) is 1. The smallest absolute Gasteiger partial charge is 0.426 e. The quantitative estimate of drug-likeness (QED) is 0.755. The van der Waals surface area contributed by atoms with Gasteiger partial charge in [0.05, 0.1) is 6.04 Å². The molecule has 0 saturated heterocycles. The highest BCUT2D eigenvalue weighted by atomic mass is 16.6. The molecule has 0 aromatic heterocycles. The minimum absolute atomic E-state index is 0.0606. The van der Waals surface area contributed by atoms with Crippen LogP contribution in [-0.2, 0) is 9.53 Å². The van der Waals surface area contributed by atoms with Crippen molar-refractivity contribution >= 4 is 18.1 Å². The molecule has 1 aliphatic carbocycles. The highest BCUT2D eigenvalue weighted by Crippen LogP contribution is 2.28. The molecule has 0 aromatic rings. The van der Waals surface area contributed by atoms with Crippen molar-refractivity contribution in [2.45, 2.75) is 58.1 Å². The van der Waals surface area contributed by atoms with Gasteiger partial charge in [0.25, 0.3) is 0 Å². The molecule has 2 N–H and O–H groups in total. The average molecular weight is 329 g/mol. The zero-order chi connectivity index (χ0) is 17.8. The van der Waals surface area contributed by atoms with Crippen LogP contribution >= 0.6 is 0 Å². The van der Waals surface area contributed by atoms with E-state index in [9.17, 15) is 19.5 Å². The fourth-order valence-corrected chi connectivity index (χ4v) is 2.64. The third-order valence-corrected chi connectivity index (χ3v) is 3.67. The molecule has 23 heavy (non-hydrogen) atoms. The van der Waals surface area contributed by atoms with Gasteiger partial charge < -0.3 is 14.7 Å². The van der Waals surface area contributed by atoms with E-state index in [1.54, 1.807) is 39.8 Å². The topological polar surface area (TPSA) is 99.2 Å². The Morgan fingerprint density at radius 2 is 1.61 bits per heavy atom. The molecule has 8 nitrogen and oxygen atoms in total. The normalized spacial score (nSPS) is 21.3. The number of hydrazine groups is 1. The molecule has 1 saturated carbocycles. The van der Waals surface area contributed by atoms with E-state index < -0.39 is 17.8 Å². The van der Waals surface area contributed by atoms with Crippen molar-refractivity contribution in [1.29, 1.82) is 0 Å². The van der Waals surface area contributed by atoms with Gasteiger partial charge in [-0.05, 0) is 46.5 Å². The summed E-state index contributed by atoms with van der Waals surface area (Å²) in [5.41, 5.74) is 1.58. The van der Waals surface area contributed by atoms with Crippen LogP contribution in [0.2, 0.25) is 0 Å². The molecular weight excluding hydrogens is 302 g/mol. The minimum atomic E-state index is -1.24. The van der Waals surface area contributed by atoms with Gasteiger partial charge in [0.15, 0.2) is 0 Å². The summed E-state index contributed by atoms with van der Waals surface area (Å²) in [6, 6.07) is -0.355. The van der Waals surface area contributed by atoms with Gasteiger partial charge in [-0.3, -0.25) is 4.79 Å². The van der Waals surface area contributed by atoms with Gasteiger partial charge in [-0.1, -0.05) is 0 Å². The SMILES string of the molecule is CN(C)C(=O)C1CCC(N(NC(=O)OC(C)(C)C)C(=O)O)CC1. The van der Waals surface area contributed by atoms with E-state index in [1.165, 1.54) is 0 Å². The van der Waals surface area contributed by atoms with Gasteiger partial charge in [0.2, 0.25) is 5.91 Å². The van der Waals surface area contributed by atoms with Crippen LogP contribution in [0.1, 0.15) is 46.5 Å². The maximum Gasteiger partial charge on any atom is 0.426 e. The number of nitrogens with one attached hydrogen (secondary N) is 1. The number of rotatable bonds is 2. The predicted octanol–water partition coefficient (Wildman–Crippen LogP) is 2.05. The largest absolute Gasteiger partial charge is 0.464 e. The molecule has 1 aliphatic rings. The number of amides is 3. The standard InChI is InChI=1S/C15H27N3O5/c1-15(2,3)23-13(20)16-18(14(21)22)11-8-6-10(7-9-11)12(19)17(4)5/h10-11H,6-9H2,1-5H3,(H,16,20)(H,21,22). The lowest BCUT2D eigenvalue weighted by molar-refractivity contribution is -0.134. The minimum Gasteiger partial charge on any atom is -0.464 e. The first-order valence-electron chi connectivity index (χ1n) is 7.74. The first-order valence-corrected chi connectivity index (χ1v) is 7.74. The zero-order valence-electron chi connectivity index (χ0n) is 14.5. The molecule has 132 valence electrons. The number of hydrogen-bond acceptors (Lipinski definition) is 4. The van der Waals surface area contributed by atoms with Gasteiger partial charge in [-0.25, -0.2) is 20.0 Å². The zero-order valence-corrected chi connectivity index (χ0v) is 14.5. The third kappa shape index (κ3) is 5.96. The van der Waals surface area contributed by atoms with Crippen molar-refractivity contribution in [2.75, 3.05) is 14.1 Å². The Hall–Kier alpha value is -1.99. The highest BCUT2D eigenvalue weighted by molar-refractivity contribution is 5.78. The summed E-state index contributed by atoms with van der Waals surface area (Å²) < 4.78 is 5.08. The molecule has 0 unspecified atom stereocenters. The molecule has 1 fully saturated rings. The van der Waals surface area contributed by atoms with Crippen molar-refractivity contribution < 1.29 is 24.2 Å². The predicted molar refractivity (Wildman–Crippen MR) is 83.7 cm³/mol. The molecule has 0 atom stereocenters. The molecular formula is C15H27N3O5. The summed E-state index contributed by atoms with van der Waals surface area (Å²) in [7, 11) is 3.42. The lowest BCUT2D eigenvalue weighted by Crippen LogP contribution is -2.53. The van der Waals surface area contributed by atoms with Gasteiger partial charge in [0.1, 0.15) is 5.60 Å². The summed E-state index contributed by atoms with van der Waals surface area (Å²) in [5, 5.41) is 10.2. The second kappa shape index (κ2) is 7.52. The summed E-state index contributed by atoms with van der Waals surface area (Å²) in [6.07, 6.45) is 0.200.